The summed E-state index contributed by atoms with van der Waals surface area (Å²) < 4.78 is 0. The summed E-state index contributed by atoms with van der Waals surface area (Å²) >= 11 is 0. The maximum Gasteiger partial charge on any atom is 0.222 e. The molecule has 0 bridgehead atoms. The molecular weight excluding hydrogens is 262 g/mol. The number of hydrogen-bond acceptors (Lipinski definition) is 2. The molecule has 0 radical (unpaired) electrons. The Morgan fingerprint density at radius 3 is 2.81 bits per heavy atom. The normalized spacial score (nSPS) is 23.6. The summed E-state index contributed by atoms with van der Waals surface area (Å²) in [7, 11) is 0. The number of piperidine rings is 1. The van der Waals surface area contributed by atoms with E-state index in [4.69, 9.17) is 0 Å². The number of nitrogens with one attached hydrogen (secondary N) is 1. The van der Waals surface area contributed by atoms with Gasteiger partial charge in [0.1, 0.15) is 0 Å². The number of aromatic amines is 1. The van der Waals surface area contributed by atoms with Crippen molar-refractivity contribution in [1.29, 1.82) is 0 Å². The number of aromatic nitrogens is 2. The van der Waals surface area contributed by atoms with Gasteiger partial charge in [0.25, 0.3) is 0 Å². The third-order valence-corrected chi connectivity index (χ3v) is 5.18. The van der Waals surface area contributed by atoms with Crippen LogP contribution in [-0.4, -0.2) is 34.1 Å². The molecule has 1 aliphatic heterocycles. The van der Waals surface area contributed by atoms with E-state index in [1.807, 2.05) is 12.3 Å². The van der Waals surface area contributed by atoms with E-state index in [2.05, 4.69) is 15.1 Å². The van der Waals surface area contributed by atoms with E-state index in [-0.39, 0.29) is 0 Å². The lowest BCUT2D eigenvalue weighted by molar-refractivity contribution is -0.133. The van der Waals surface area contributed by atoms with Crippen molar-refractivity contribution in [2.24, 2.45) is 11.8 Å². The zero-order valence-electron chi connectivity index (χ0n) is 12.9. The average molecular weight is 289 g/mol. The van der Waals surface area contributed by atoms with Gasteiger partial charge in [-0.3, -0.25) is 9.89 Å². The molecule has 1 unspecified atom stereocenters. The zero-order chi connectivity index (χ0) is 14.5. The van der Waals surface area contributed by atoms with Gasteiger partial charge >= 0.3 is 0 Å². The van der Waals surface area contributed by atoms with Crippen LogP contribution in [0.1, 0.15) is 57.1 Å². The number of carbonyl (C=O) groups excluding carboxylic acids is 1. The van der Waals surface area contributed by atoms with Crippen LogP contribution in [0, 0.1) is 11.8 Å². The minimum absolute atomic E-state index is 0.385. The second-order valence-corrected chi connectivity index (χ2v) is 6.82. The number of H-pyrrole nitrogens is 1. The molecule has 3 rings (SSSR count). The van der Waals surface area contributed by atoms with Crippen LogP contribution >= 0.6 is 0 Å². The highest BCUT2D eigenvalue weighted by Crippen LogP contribution is 2.29. The smallest absolute Gasteiger partial charge is 0.222 e. The van der Waals surface area contributed by atoms with Gasteiger partial charge in [0.15, 0.2) is 0 Å². The molecule has 1 aliphatic carbocycles. The summed E-state index contributed by atoms with van der Waals surface area (Å²) in [5.74, 6) is 1.80. The van der Waals surface area contributed by atoms with Crippen LogP contribution in [0.3, 0.4) is 0 Å². The van der Waals surface area contributed by atoms with Crippen LogP contribution in [-0.2, 0) is 11.2 Å². The molecule has 1 saturated carbocycles. The summed E-state index contributed by atoms with van der Waals surface area (Å²) in [5, 5.41) is 7.05. The first-order chi connectivity index (χ1) is 10.3. The molecule has 1 atom stereocenters. The van der Waals surface area contributed by atoms with Crippen LogP contribution in [0.5, 0.6) is 0 Å². The molecule has 0 aromatic carbocycles. The second kappa shape index (κ2) is 7.10. The van der Waals surface area contributed by atoms with Crippen molar-refractivity contribution in [3.05, 3.63) is 18.0 Å². The van der Waals surface area contributed by atoms with Gasteiger partial charge < -0.3 is 4.90 Å². The lowest BCUT2D eigenvalue weighted by Gasteiger charge is -2.33. The van der Waals surface area contributed by atoms with Gasteiger partial charge in [-0.2, -0.15) is 5.10 Å². The molecule has 2 aliphatic rings. The van der Waals surface area contributed by atoms with Crippen LogP contribution < -0.4 is 0 Å². The fourth-order valence-electron chi connectivity index (χ4n) is 3.95. The number of amides is 1. The first-order valence-electron chi connectivity index (χ1n) is 8.57. The SMILES string of the molecule is O=C(CCC1CCCC1)N1CCCC(Cc2ccn[nH]2)C1. The first kappa shape index (κ1) is 14.6. The van der Waals surface area contributed by atoms with E-state index in [0.717, 1.165) is 44.7 Å². The van der Waals surface area contributed by atoms with Crippen LogP contribution in [0.4, 0.5) is 0 Å². The number of likely N-dealkylation sites (tertiary alicyclic amines) is 1. The van der Waals surface area contributed by atoms with Crippen molar-refractivity contribution >= 4 is 5.91 Å². The fourth-order valence-corrected chi connectivity index (χ4v) is 3.95. The lowest BCUT2D eigenvalue weighted by Crippen LogP contribution is -2.40. The third kappa shape index (κ3) is 4.08. The van der Waals surface area contributed by atoms with E-state index in [9.17, 15) is 4.79 Å². The van der Waals surface area contributed by atoms with E-state index in [1.54, 1.807) is 0 Å². The zero-order valence-corrected chi connectivity index (χ0v) is 12.9. The van der Waals surface area contributed by atoms with Gasteiger partial charge in [-0.05, 0) is 43.6 Å². The molecule has 21 heavy (non-hydrogen) atoms. The molecule has 4 heteroatoms. The summed E-state index contributed by atoms with van der Waals surface area (Å²) in [5.41, 5.74) is 1.19. The van der Waals surface area contributed by atoms with Crippen molar-refractivity contribution < 1.29 is 4.79 Å². The highest BCUT2D eigenvalue weighted by molar-refractivity contribution is 5.76. The number of carbonyl (C=O) groups is 1. The highest BCUT2D eigenvalue weighted by Gasteiger charge is 2.25. The van der Waals surface area contributed by atoms with Crippen molar-refractivity contribution in [3.8, 4) is 0 Å². The van der Waals surface area contributed by atoms with Crippen molar-refractivity contribution in [2.45, 2.75) is 57.8 Å². The molecule has 2 fully saturated rings. The molecular formula is C17H27N3O. The van der Waals surface area contributed by atoms with Gasteiger partial charge in [0.2, 0.25) is 5.91 Å². The van der Waals surface area contributed by atoms with Gasteiger partial charge in [-0.1, -0.05) is 25.7 Å². The van der Waals surface area contributed by atoms with Crippen LogP contribution in [0.25, 0.3) is 0 Å². The Kier molecular flexibility index (Phi) is 4.94. The van der Waals surface area contributed by atoms with Crippen LogP contribution in [0.15, 0.2) is 12.3 Å². The highest BCUT2D eigenvalue weighted by atomic mass is 16.2. The number of hydrogen-bond donors (Lipinski definition) is 1. The Balaban J connectivity index is 1.44. The van der Waals surface area contributed by atoms with E-state index < -0.39 is 0 Å². The number of rotatable bonds is 5. The molecule has 1 saturated heterocycles. The largest absolute Gasteiger partial charge is 0.342 e. The molecule has 0 spiro atoms. The summed E-state index contributed by atoms with van der Waals surface area (Å²) in [6.07, 6.45) is 12.5. The van der Waals surface area contributed by atoms with E-state index in [0.29, 0.717) is 11.8 Å². The minimum atomic E-state index is 0.385. The molecule has 1 N–H and O–H groups in total. The Morgan fingerprint density at radius 2 is 2.05 bits per heavy atom. The van der Waals surface area contributed by atoms with Gasteiger partial charge in [-0.25, -0.2) is 0 Å². The minimum Gasteiger partial charge on any atom is -0.342 e. The quantitative estimate of drug-likeness (QED) is 0.905. The Hall–Kier alpha value is -1.32. The Labute approximate surface area is 127 Å². The molecule has 1 aromatic heterocycles. The predicted molar refractivity (Wildman–Crippen MR) is 82.8 cm³/mol. The summed E-state index contributed by atoms with van der Waals surface area (Å²) in [6.45, 7) is 1.89. The van der Waals surface area contributed by atoms with E-state index >= 15 is 0 Å². The molecule has 2 heterocycles. The molecule has 4 nitrogen and oxygen atoms in total. The summed E-state index contributed by atoms with van der Waals surface area (Å²) in [4.78, 5) is 14.5. The van der Waals surface area contributed by atoms with Crippen molar-refractivity contribution in [2.75, 3.05) is 13.1 Å². The van der Waals surface area contributed by atoms with Gasteiger partial charge in [0, 0.05) is 31.4 Å². The molecule has 116 valence electrons. The molecule has 1 amide bonds. The Bertz CT molecular complexity index is 437. The second-order valence-electron chi connectivity index (χ2n) is 6.82. The number of nitrogens with zero attached hydrogens (tertiary/aromatic N) is 2. The van der Waals surface area contributed by atoms with Gasteiger partial charge in [-0.15, -0.1) is 0 Å². The monoisotopic (exact) mass is 289 g/mol. The van der Waals surface area contributed by atoms with Crippen molar-refractivity contribution in [1.82, 2.24) is 15.1 Å². The Morgan fingerprint density at radius 1 is 1.24 bits per heavy atom. The average Bonchev–Trinajstić information content (AvgIpc) is 3.18. The predicted octanol–water partition coefficient (Wildman–Crippen LogP) is 3.16. The van der Waals surface area contributed by atoms with E-state index in [1.165, 1.54) is 37.8 Å². The maximum atomic E-state index is 12.4. The van der Waals surface area contributed by atoms with Crippen LogP contribution in [0.2, 0.25) is 0 Å². The standard InChI is InChI=1S/C17H27N3O/c21-17(8-7-14-4-1-2-5-14)20-11-3-6-15(13-20)12-16-9-10-18-19-16/h9-10,14-15H,1-8,11-13H2,(H,18,19). The fraction of sp³-hybridized carbons (Fsp3) is 0.765. The topological polar surface area (TPSA) is 49.0 Å². The first-order valence-corrected chi connectivity index (χ1v) is 8.57. The van der Waals surface area contributed by atoms with Crippen molar-refractivity contribution in [3.63, 3.8) is 0 Å². The third-order valence-electron chi connectivity index (χ3n) is 5.18. The van der Waals surface area contributed by atoms with Gasteiger partial charge in [0.05, 0.1) is 0 Å². The summed E-state index contributed by atoms with van der Waals surface area (Å²) in [6, 6.07) is 2.04. The lowest BCUT2D eigenvalue weighted by atomic mass is 9.93. The molecule has 1 aromatic rings. The maximum absolute atomic E-state index is 12.4.